The van der Waals surface area contributed by atoms with E-state index in [2.05, 4.69) is 34.6 Å². The van der Waals surface area contributed by atoms with Crippen molar-refractivity contribution in [3.05, 3.63) is 0 Å². The zero-order valence-corrected chi connectivity index (χ0v) is 57.9. The van der Waals surface area contributed by atoms with Crippen molar-refractivity contribution in [1.29, 1.82) is 0 Å². The second-order valence-electron chi connectivity index (χ2n) is 25.0. The van der Waals surface area contributed by atoms with Crippen LogP contribution in [0.5, 0.6) is 0 Å². The number of aliphatic hydroxyl groups excluding tert-OH is 1. The van der Waals surface area contributed by atoms with Gasteiger partial charge in [0.2, 0.25) is 0 Å². The van der Waals surface area contributed by atoms with Crippen LogP contribution < -0.4 is 0 Å². The first-order chi connectivity index (χ1) is 42.0. The number of hydrogen-bond donors (Lipinski definition) is 3. The molecule has 5 atom stereocenters. The standard InChI is InChI=1S/C68H132O17P2/c1-6-9-12-15-18-21-22-23-24-25-28-34-39-44-49-54-68(73)85-64(58-79-66(71)52-47-42-37-33-29-26-27-32-35-40-45-50-61(4)5)60-83-87(76,77)81-56-62(69)55-80-86(74,75)82-59-63(84-67(72)53-48-43-38-31-20-17-14-11-8-3)57-78-65(70)51-46-41-36-30-19-16-13-10-7-2/h61-64,69H,6-60H2,1-5H3,(H,74,75)(H,76,77)/t62-,63+,64+/m0/s1. The van der Waals surface area contributed by atoms with Gasteiger partial charge in [-0.2, -0.15) is 0 Å². The zero-order chi connectivity index (χ0) is 64.2. The second kappa shape index (κ2) is 61.6. The van der Waals surface area contributed by atoms with Crippen LogP contribution in [0.4, 0.5) is 0 Å². The van der Waals surface area contributed by atoms with Crippen LogP contribution in [-0.4, -0.2) is 96.7 Å². The lowest BCUT2D eigenvalue weighted by atomic mass is 10.0. The van der Waals surface area contributed by atoms with Gasteiger partial charge in [0, 0.05) is 25.7 Å². The first-order valence-corrected chi connectivity index (χ1v) is 38.6. The quantitative estimate of drug-likeness (QED) is 0.0222. The summed E-state index contributed by atoms with van der Waals surface area (Å²) in [5, 5.41) is 10.6. The van der Waals surface area contributed by atoms with Gasteiger partial charge in [0.15, 0.2) is 12.2 Å². The van der Waals surface area contributed by atoms with E-state index in [4.69, 9.17) is 37.0 Å². The molecule has 0 fully saturated rings. The fraction of sp³-hybridized carbons (Fsp3) is 0.941. The average molecular weight is 1280 g/mol. The van der Waals surface area contributed by atoms with E-state index in [1.54, 1.807) is 0 Å². The van der Waals surface area contributed by atoms with Gasteiger partial charge in [0.1, 0.15) is 19.3 Å². The molecule has 0 radical (unpaired) electrons. The Morgan fingerprint density at radius 3 is 0.782 bits per heavy atom. The minimum absolute atomic E-state index is 0.106. The summed E-state index contributed by atoms with van der Waals surface area (Å²) in [4.78, 5) is 72.3. The third kappa shape index (κ3) is 62.6. The fourth-order valence-electron chi connectivity index (χ4n) is 10.3. The van der Waals surface area contributed by atoms with Gasteiger partial charge < -0.3 is 33.8 Å². The topological polar surface area (TPSA) is 237 Å². The number of hydrogen-bond acceptors (Lipinski definition) is 15. The summed E-state index contributed by atoms with van der Waals surface area (Å²) in [6.07, 6.45) is 47.1. The summed E-state index contributed by atoms with van der Waals surface area (Å²) in [5.74, 6) is -1.36. The lowest BCUT2D eigenvalue weighted by Gasteiger charge is -2.21. The number of carbonyl (C=O) groups excluding carboxylic acids is 4. The Labute approximate surface area is 530 Å². The van der Waals surface area contributed by atoms with Gasteiger partial charge in [0.25, 0.3) is 0 Å². The van der Waals surface area contributed by atoms with Crippen LogP contribution in [0, 0.1) is 5.92 Å². The molecule has 0 rings (SSSR count). The van der Waals surface area contributed by atoms with E-state index in [9.17, 15) is 43.2 Å². The molecule has 0 aromatic rings. The minimum Gasteiger partial charge on any atom is -0.462 e. The molecular weight excluding hydrogens is 1150 g/mol. The van der Waals surface area contributed by atoms with Gasteiger partial charge in [-0.15, -0.1) is 0 Å². The summed E-state index contributed by atoms with van der Waals surface area (Å²) in [6.45, 7) is 7.21. The highest BCUT2D eigenvalue weighted by atomic mass is 31.2. The van der Waals surface area contributed by atoms with E-state index in [1.165, 1.54) is 173 Å². The van der Waals surface area contributed by atoms with E-state index in [1.807, 2.05) is 0 Å². The van der Waals surface area contributed by atoms with Gasteiger partial charge in [-0.05, 0) is 31.6 Å². The molecule has 0 saturated carbocycles. The highest BCUT2D eigenvalue weighted by Gasteiger charge is 2.30. The highest BCUT2D eigenvalue weighted by molar-refractivity contribution is 7.47. The Balaban J connectivity index is 5.22. The molecule has 3 N–H and O–H groups in total. The first kappa shape index (κ1) is 85.1. The van der Waals surface area contributed by atoms with Crippen molar-refractivity contribution in [3.63, 3.8) is 0 Å². The van der Waals surface area contributed by atoms with Crippen LogP contribution in [0.1, 0.15) is 349 Å². The van der Waals surface area contributed by atoms with Crippen LogP contribution in [0.15, 0.2) is 0 Å². The molecule has 0 aliphatic heterocycles. The number of aliphatic hydroxyl groups is 1. The molecule has 0 bridgehead atoms. The van der Waals surface area contributed by atoms with Crippen molar-refractivity contribution in [2.24, 2.45) is 5.92 Å². The second-order valence-corrected chi connectivity index (χ2v) is 27.9. The molecule has 0 aromatic heterocycles. The molecule has 2 unspecified atom stereocenters. The lowest BCUT2D eigenvalue weighted by Crippen LogP contribution is -2.30. The van der Waals surface area contributed by atoms with Gasteiger partial charge in [-0.25, -0.2) is 9.13 Å². The Kier molecular flexibility index (Phi) is 60.2. The molecule has 0 saturated heterocycles. The number of phosphoric ester groups is 2. The molecule has 0 aliphatic rings. The summed E-state index contributed by atoms with van der Waals surface area (Å²) < 4.78 is 68.1. The maximum Gasteiger partial charge on any atom is 0.472 e. The number of carbonyl (C=O) groups is 4. The number of phosphoric acid groups is 2. The maximum absolute atomic E-state index is 13.0. The predicted octanol–water partition coefficient (Wildman–Crippen LogP) is 19.4. The van der Waals surface area contributed by atoms with Crippen molar-refractivity contribution in [3.8, 4) is 0 Å². The van der Waals surface area contributed by atoms with Crippen molar-refractivity contribution >= 4 is 39.5 Å². The van der Waals surface area contributed by atoms with Crippen LogP contribution in [0.25, 0.3) is 0 Å². The van der Waals surface area contributed by atoms with E-state index < -0.39 is 97.5 Å². The van der Waals surface area contributed by atoms with Crippen LogP contribution >= 0.6 is 15.6 Å². The molecule has 0 amide bonds. The molecular formula is C68H132O17P2. The van der Waals surface area contributed by atoms with E-state index in [0.29, 0.717) is 25.7 Å². The van der Waals surface area contributed by atoms with Crippen molar-refractivity contribution < 1.29 is 80.2 Å². The molecule has 0 spiro atoms. The summed E-state index contributed by atoms with van der Waals surface area (Å²) in [7, 11) is -9.89. The third-order valence-corrected chi connectivity index (χ3v) is 17.7. The third-order valence-electron chi connectivity index (χ3n) is 15.8. The fourth-order valence-corrected chi connectivity index (χ4v) is 11.9. The normalized spacial score (nSPS) is 14.1. The lowest BCUT2D eigenvalue weighted by molar-refractivity contribution is -0.161. The van der Waals surface area contributed by atoms with Crippen molar-refractivity contribution in [1.82, 2.24) is 0 Å². The van der Waals surface area contributed by atoms with Crippen LogP contribution in [-0.2, 0) is 65.4 Å². The van der Waals surface area contributed by atoms with E-state index in [-0.39, 0.29) is 25.7 Å². The largest absolute Gasteiger partial charge is 0.472 e. The van der Waals surface area contributed by atoms with Gasteiger partial charge in [-0.3, -0.25) is 37.3 Å². The number of rotatable bonds is 68. The molecule has 0 heterocycles. The highest BCUT2D eigenvalue weighted by Crippen LogP contribution is 2.45. The monoisotopic (exact) mass is 1280 g/mol. The Morgan fingerprint density at radius 2 is 0.529 bits per heavy atom. The van der Waals surface area contributed by atoms with Crippen LogP contribution in [0.2, 0.25) is 0 Å². The molecule has 0 aliphatic carbocycles. The predicted molar refractivity (Wildman–Crippen MR) is 349 cm³/mol. The number of ether oxygens (including phenoxy) is 4. The number of unbranched alkanes of at least 4 members (excludes halogenated alkanes) is 40. The molecule has 17 nitrogen and oxygen atoms in total. The summed E-state index contributed by atoms with van der Waals surface area (Å²) >= 11 is 0. The van der Waals surface area contributed by atoms with E-state index in [0.717, 1.165) is 95.8 Å². The SMILES string of the molecule is CCCCCCCCCCCCCCCCCC(=O)O[C@H](COC(=O)CCCCCCCCCCCCCC(C)C)COP(=O)(O)OC[C@@H](O)COP(=O)(O)OC[C@@H](COC(=O)CCCCCCCCCCC)OC(=O)CCCCCCCCCCC. The van der Waals surface area contributed by atoms with Gasteiger partial charge in [0.05, 0.1) is 26.4 Å². The Hall–Kier alpha value is -1.94. The maximum atomic E-state index is 13.0. The minimum atomic E-state index is -4.95. The first-order valence-electron chi connectivity index (χ1n) is 35.6. The molecule has 19 heteroatoms. The van der Waals surface area contributed by atoms with Crippen LogP contribution in [0.3, 0.4) is 0 Å². The number of esters is 4. The van der Waals surface area contributed by atoms with E-state index >= 15 is 0 Å². The van der Waals surface area contributed by atoms with Crippen molar-refractivity contribution in [2.45, 2.75) is 368 Å². The molecule has 87 heavy (non-hydrogen) atoms. The summed E-state index contributed by atoms with van der Waals surface area (Å²) in [6, 6.07) is 0. The molecule has 0 aromatic carbocycles. The Bertz CT molecular complexity index is 1690. The summed E-state index contributed by atoms with van der Waals surface area (Å²) in [5.41, 5.74) is 0. The smallest absolute Gasteiger partial charge is 0.462 e. The average Bonchev–Trinajstić information content (AvgIpc) is 3.54. The Morgan fingerprint density at radius 1 is 0.310 bits per heavy atom. The molecule has 516 valence electrons. The zero-order valence-electron chi connectivity index (χ0n) is 56.2. The van der Waals surface area contributed by atoms with Gasteiger partial charge >= 0.3 is 39.5 Å². The van der Waals surface area contributed by atoms with Gasteiger partial charge in [-0.1, -0.05) is 298 Å². The van der Waals surface area contributed by atoms with Crippen molar-refractivity contribution in [2.75, 3.05) is 39.6 Å².